The van der Waals surface area contributed by atoms with E-state index in [2.05, 4.69) is 52.9 Å². The summed E-state index contributed by atoms with van der Waals surface area (Å²) in [5.74, 6) is 0. The van der Waals surface area contributed by atoms with Gasteiger partial charge in [0.15, 0.2) is 0 Å². The number of thiocarbonyl (C=S) groups is 1. The Morgan fingerprint density at radius 1 is 1.13 bits per heavy atom. The highest BCUT2D eigenvalue weighted by Gasteiger charge is 1.96. The molecule has 0 radical (unpaired) electrons. The van der Waals surface area contributed by atoms with E-state index in [1.165, 1.54) is 15.7 Å². The van der Waals surface area contributed by atoms with Crippen molar-refractivity contribution in [1.82, 2.24) is 0 Å². The van der Waals surface area contributed by atoms with Crippen molar-refractivity contribution in [1.29, 1.82) is 0 Å². The quantitative estimate of drug-likeness (QED) is 0.434. The summed E-state index contributed by atoms with van der Waals surface area (Å²) in [5, 5.41) is 4.78. The Morgan fingerprint density at radius 2 is 1.87 bits per heavy atom. The van der Waals surface area contributed by atoms with Gasteiger partial charge in [-0.2, -0.15) is 4.99 Å². The van der Waals surface area contributed by atoms with Crippen LogP contribution < -0.4 is 0 Å². The molecule has 0 aliphatic carbocycles. The molecule has 0 aliphatic rings. The van der Waals surface area contributed by atoms with Crippen molar-refractivity contribution in [2.45, 2.75) is 4.90 Å². The second kappa shape index (κ2) is 4.58. The molecule has 2 aromatic rings. The minimum absolute atomic E-state index is 0.856. The molecule has 0 fully saturated rings. The number of isothiocyanates is 1. The summed E-state index contributed by atoms with van der Waals surface area (Å²) in [4.78, 5) is 5.23. The van der Waals surface area contributed by atoms with E-state index in [0.29, 0.717) is 0 Å². The Morgan fingerprint density at radius 3 is 2.60 bits per heavy atom. The minimum Gasteiger partial charge on any atom is -0.195 e. The van der Waals surface area contributed by atoms with Crippen LogP contribution in [0.3, 0.4) is 0 Å². The first-order valence-electron chi connectivity index (χ1n) is 4.49. The molecule has 15 heavy (non-hydrogen) atoms. The van der Waals surface area contributed by atoms with Gasteiger partial charge in [-0.3, -0.25) is 0 Å². The second-order valence-electron chi connectivity index (χ2n) is 3.10. The molecule has 2 rings (SSSR count). The van der Waals surface area contributed by atoms with Crippen molar-refractivity contribution in [2.24, 2.45) is 4.99 Å². The molecule has 0 amide bonds. The first-order valence-corrected chi connectivity index (χ1v) is 6.12. The van der Waals surface area contributed by atoms with Crippen LogP contribution in [-0.4, -0.2) is 11.4 Å². The van der Waals surface area contributed by atoms with Crippen LogP contribution >= 0.6 is 24.0 Å². The molecular weight excluding hydrogens is 222 g/mol. The molecule has 0 N–H and O–H groups in total. The fourth-order valence-corrected chi connectivity index (χ4v) is 2.01. The van der Waals surface area contributed by atoms with Gasteiger partial charge in [-0.1, -0.05) is 12.1 Å². The highest BCUT2D eigenvalue weighted by atomic mass is 32.2. The third-order valence-corrected chi connectivity index (χ3v) is 3.02. The van der Waals surface area contributed by atoms with E-state index in [0.717, 1.165) is 5.69 Å². The summed E-state index contributed by atoms with van der Waals surface area (Å²) in [7, 11) is 0. The number of hydrogen-bond donors (Lipinski definition) is 0. The molecule has 0 saturated carbocycles. The normalized spacial score (nSPS) is 9.93. The van der Waals surface area contributed by atoms with Crippen LogP contribution in [0.1, 0.15) is 0 Å². The van der Waals surface area contributed by atoms with Crippen molar-refractivity contribution < 1.29 is 0 Å². The maximum absolute atomic E-state index is 4.58. The average Bonchev–Trinajstić information content (AvgIpc) is 2.29. The summed E-state index contributed by atoms with van der Waals surface area (Å²) < 4.78 is 0. The number of nitrogens with zero attached hydrogens (tertiary/aromatic N) is 1. The number of hydrogen-bond acceptors (Lipinski definition) is 3. The van der Waals surface area contributed by atoms with Gasteiger partial charge in [0.1, 0.15) is 0 Å². The van der Waals surface area contributed by atoms with E-state index < -0.39 is 0 Å². The number of fused-ring (bicyclic) bond motifs is 1. The predicted molar refractivity (Wildman–Crippen MR) is 70.4 cm³/mol. The van der Waals surface area contributed by atoms with Gasteiger partial charge in [-0.15, -0.1) is 11.8 Å². The molecule has 0 aromatic heterocycles. The SMILES string of the molecule is CSc1ccc2cc(N=C=S)ccc2c1. The van der Waals surface area contributed by atoms with Crippen molar-refractivity contribution in [3.05, 3.63) is 36.4 Å². The molecule has 0 bridgehead atoms. The second-order valence-corrected chi connectivity index (χ2v) is 4.16. The first-order chi connectivity index (χ1) is 7.33. The predicted octanol–water partition coefficient (Wildman–Crippen LogP) is 4.30. The molecule has 0 atom stereocenters. The highest BCUT2D eigenvalue weighted by molar-refractivity contribution is 7.98. The van der Waals surface area contributed by atoms with Crippen LogP contribution in [0.5, 0.6) is 0 Å². The number of thioether (sulfide) groups is 1. The Bertz CT molecular complexity index is 542. The van der Waals surface area contributed by atoms with Gasteiger partial charge in [0.05, 0.1) is 10.8 Å². The average molecular weight is 231 g/mol. The highest BCUT2D eigenvalue weighted by Crippen LogP contribution is 2.25. The lowest BCUT2D eigenvalue weighted by molar-refractivity contribution is 1.50. The van der Waals surface area contributed by atoms with E-state index in [-0.39, 0.29) is 0 Å². The van der Waals surface area contributed by atoms with Crippen LogP contribution in [-0.2, 0) is 0 Å². The van der Waals surface area contributed by atoms with E-state index >= 15 is 0 Å². The summed E-state index contributed by atoms with van der Waals surface area (Å²) in [6.45, 7) is 0. The van der Waals surface area contributed by atoms with E-state index in [4.69, 9.17) is 0 Å². The van der Waals surface area contributed by atoms with E-state index in [1.54, 1.807) is 11.8 Å². The smallest absolute Gasteiger partial charge is 0.0745 e. The zero-order valence-electron chi connectivity index (χ0n) is 8.23. The Labute approximate surface area is 98.2 Å². The van der Waals surface area contributed by atoms with Crippen LogP contribution in [0.2, 0.25) is 0 Å². The van der Waals surface area contributed by atoms with Crippen molar-refractivity contribution in [3.63, 3.8) is 0 Å². The lowest BCUT2D eigenvalue weighted by atomic mass is 10.1. The van der Waals surface area contributed by atoms with Crippen molar-refractivity contribution in [2.75, 3.05) is 6.26 Å². The molecule has 0 aliphatic heterocycles. The standard InChI is InChI=1S/C12H9NS2/c1-15-12-5-3-9-6-11(13-8-14)4-2-10(9)7-12/h2-7H,1H3. The Balaban J connectivity index is 2.59. The molecular formula is C12H9NS2. The number of benzene rings is 2. The van der Waals surface area contributed by atoms with E-state index in [1.807, 2.05) is 12.1 Å². The van der Waals surface area contributed by atoms with Gasteiger partial charge >= 0.3 is 0 Å². The maximum Gasteiger partial charge on any atom is 0.0745 e. The minimum atomic E-state index is 0.856. The fraction of sp³-hybridized carbons (Fsp3) is 0.0833. The van der Waals surface area contributed by atoms with Gasteiger partial charge in [0.25, 0.3) is 0 Å². The molecule has 74 valence electrons. The lowest BCUT2D eigenvalue weighted by Gasteiger charge is -2.01. The van der Waals surface area contributed by atoms with Crippen LogP contribution in [0, 0.1) is 0 Å². The van der Waals surface area contributed by atoms with Gasteiger partial charge < -0.3 is 0 Å². The number of rotatable bonds is 2. The Hall–Kier alpha value is -1.15. The van der Waals surface area contributed by atoms with E-state index in [9.17, 15) is 0 Å². The summed E-state index contributed by atoms with van der Waals surface area (Å²) in [5.41, 5.74) is 0.856. The van der Waals surface area contributed by atoms with Gasteiger partial charge in [-0.25, -0.2) is 0 Å². The summed E-state index contributed by atoms with van der Waals surface area (Å²) in [6, 6.07) is 12.4. The zero-order chi connectivity index (χ0) is 10.7. The number of aliphatic imine (C=N–C) groups is 1. The Kier molecular flexibility index (Phi) is 3.17. The van der Waals surface area contributed by atoms with Gasteiger partial charge in [-0.05, 0) is 53.5 Å². The topological polar surface area (TPSA) is 12.4 Å². The van der Waals surface area contributed by atoms with Gasteiger partial charge in [0, 0.05) is 4.90 Å². The fourth-order valence-electron chi connectivity index (χ4n) is 1.46. The van der Waals surface area contributed by atoms with Gasteiger partial charge in [0.2, 0.25) is 0 Å². The summed E-state index contributed by atoms with van der Waals surface area (Å²) in [6.07, 6.45) is 2.08. The third-order valence-electron chi connectivity index (χ3n) is 2.21. The monoisotopic (exact) mass is 231 g/mol. The molecule has 0 unspecified atom stereocenters. The van der Waals surface area contributed by atoms with Crippen LogP contribution in [0.25, 0.3) is 10.8 Å². The molecule has 3 heteroatoms. The van der Waals surface area contributed by atoms with Crippen LogP contribution in [0.15, 0.2) is 46.3 Å². The molecule has 1 nitrogen and oxygen atoms in total. The lowest BCUT2D eigenvalue weighted by Crippen LogP contribution is -1.74. The molecule has 0 spiro atoms. The van der Waals surface area contributed by atoms with Crippen molar-refractivity contribution in [3.8, 4) is 0 Å². The maximum atomic E-state index is 4.58. The largest absolute Gasteiger partial charge is 0.195 e. The summed E-state index contributed by atoms with van der Waals surface area (Å²) >= 11 is 6.32. The van der Waals surface area contributed by atoms with Crippen LogP contribution in [0.4, 0.5) is 5.69 Å². The zero-order valence-corrected chi connectivity index (χ0v) is 9.86. The first kappa shape index (κ1) is 10.4. The van der Waals surface area contributed by atoms with Crippen molar-refractivity contribution >= 4 is 45.6 Å². The molecule has 0 heterocycles. The molecule has 0 saturated heterocycles. The molecule has 2 aromatic carbocycles. The third kappa shape index (κ3) is 2.26.